The zero-order valence-electron chi connectivity index (χ0n) is 19.1. The Labute approximate surface area is 196 Å². The van der Waals surface area contributed by atoms with Gasteiger partial charge in [0.05, 0.1) is 16.1 Å². The Balaban J connectivity index is 1.59. The molecule has 0 amide bonds. The normalized spacial score (nSPS) is 11.5. The van der Waals surface area contributed by atoms with Crippen LogP contribution in [0, 0.1) is 0 Å². The summed E-state index contributed by atoms with van der Waals surface area (Å²) in [4.78, 5) is 11.6. The van der Waals surface area contributed by atoms with E-state index in [0.717, 1.165) is 42.4 Å². The van der Waals surface area contributed by atoms with Gasteiger partial charge in [0.1, 0.15) is 0 Å². The number of carboxylic acids is 1. The number of para-hydroxylation sites is 1. The van der Waals surface area contributed by atoms with Crippen LogP contribution in [-0.2, 0) is 22.9 Å². The maximum absolute atomic E-state index is 12.9. The van der Waals surface area contributed by atoms with Crippen LogP contribution in [0.2, 0.25) is 0 Å². The average Bonchev–Trinajstić information content (AvgIpc) is 2.80. The van der Waals surface area contributed by atoms with Crippen molar-refractivity contribution in [1.29, 1.82) is 0 Å². The molecule has 0 aliphatic carbocycles. The molecule has 174 valence electrons. The number of anilines is 1. The van der Waals surface area contributed by atoms with Gasteiger partial charge in [0.2, 0.25) is 0 Å². The number of sulfonamides is 1. The van der Waals surface area contributed by atoms with Gasteiger partial charge in [-0.3, -0.25) is 4.72 Å². The molecule has 6 heteroatoms. The minimum absolute atomic E-state index is 0.249. The standard InChI is InChI=1S/C27H31NO4S/c1-20(2)21-16-18-24(19-17-21)33(31,32)28-26-15-9-7-13-23(26)12-5-3-4-10-22-11-6-8-14-25(22)27(29)30/h6-9,11,13-20,28H,3-5,10,12H2,1-2H3,(H,29,30). The maximum atomic E-state index is 12.9. The summed E-state index contributed by atoms with van der Waals surface area (Å²) in [5.41, 5.74) is 3.85. The molecule has 0 atom stereocenters. The molecule has 3 aromatic rings. The highest BCUT2D eigenvalue weighted by atomic mass is 32.2. The summed E-state index contributed by atoms with van der Waals surface area (Å²) < 4.78 is 28.5. The van der Waals surface area contributed by atoms with Crippen LogP contribution >= 0.6 is 0 Å². The Bertz CT molecular complexity index is 1180. The minimum atomic E-state index is -3.67. The van der Waals surface area contributed by atoms with Crippen molar-refractivity contribution in [3.05, 3.63) is 95.1 Å². The van der Waals surface area contributed by atoms with Crippen molar-refractivity contribution < 1.29 is 18.3 Å². The molecule has 0 spiro atoms. The summed E-state index contributed by atoms with van der Waals surface area (Å²) in [5, 5.41) is 9.30. The van der Waals surface area contributed by atoms with Crippen molar-refractivity contribution >= 4 is 21.7 Å². The molecule has 0 saturated heterocycles. The van der Waals surface area contributed by atoms with E-state index in [1.807, 2.05) is 42.5 Å². The lowest BCUT2D eigenvalue weighted by Gasteiger charge is -2.13. The highest BCUT2D eigenvalue weighted by Crippen LogP contribution is 2.24. The molecule has 0 fully saturated rings. The molecule has 3 aromatic carbocycles. The number of carboxylic acid groups (broad SMARTS) is 1. The van der Waals surface area contributed by atoms with E-state index in [2.05, 4.69) is 18.6 Å². The van der Waals surface area contributed by atoms with E-state index in [9.17, 15) is 18.3 Å². The summed E-state index contributed by atoms with van der Waals surface area (Å²) in [7, 11) is -3.67. The molecule has 0 unspecified atom stereocenters. The number of hydrogen-bond donors (Lipinski definition) is 2. The molecule has 0 heterocycles. The number of rotatable bonds is 11. The van der Waals surface area contributed by atoms with E-state index in [1.165, 1.54) is 0 Å². The molecular formula is C27H31NO4S. The second-order valence-electron chi connectivity index (χ2n) is 8.51. The van der Waals surface area contributed by atoms with Crippen molar-refractivity contribution in [3.63, 3.8) is 0 Å². The summed E-state index contributed by atoms with van der Waals surface area (Å²) in [6.07, 6.45) is 4.14. The highest BCUT2D eigenvalue weighted by molar-refractivity contribution is 7.92. The van der Waals surface area contributed by atoms with Gasteiger partial charge in [-0.2, -0.15) is 0 Å². The third kappa shape index (κ3) is 6.68. The van der Waals surface area contributed by atoms with Gasteiger partial charge in [-0.1, -0.05) is 68.8 Å². The van der Waals surface area contributed by atoms with Crippen LogP contribution in [0.15, 0.2) is 77.7 Å². The number of aromatic carboxylic acids is 1. The third-order valence-corrected chi connectivity index (χ3v) is 7.14. The van der Waals surface area contributed by atoms with Crippen LogP contribution < -0.4 is 4.72 Å². The Morgan fingerprint density at radius 1 is 0.818 bits per heavy atom. The van der Waals surface area contributed by atoms with Crippen LogP contribution in [0.25, 0.3) is 0 Å². The Hall–Kier alpha value is -3.12. The van der Waals surface area contributed by atoms with E-state index in [0.29, 0.717) is 23.6 Å². The van der Waals surface area contributed by atoms with Crippen molar-refractivity contribution in [2.24, 2.45) is 0 Å². The van der Waals surface area contributed by atoms with E-state index in [4.69, 9.17) is 0 Å². The maximum Gasteiger partial charge on any atom is 0.335 e. The number of carbonyl (C=O) groups is 1. The third-order valence-electron chi connectivity index (χ3n) is 5.76. The quantitative estimate of drug-likeness (QED) is 0.327. The van der Waals surface area contributed by atoms with Gasteiger partial charge in [0, 0.05) is 0 Å². The fourth-order valence-electron chi connectivity index (χ4n) is 3.83. The summed E-state index contributed by atoms with van der Waals surface area (Å²) in [6.45, 7) is 4.14. The summed E-state index contributed by atoms with van der Waals surface area (Å²) in [5.74, 6) is -0.557. The van der Waals surface area contributed by atoms with Crippen LogP contribution in [-0.4, -0.2) is 19.5 Å². The van der Waals surface area contributed by atoms with Crippen LogP contribution in [0.5, 0.6) is 0 Å². The van der Waals surface area contributed by atoms with Gasteiger partial charge in [-0.15, -0.1) is 0 Å². The number of unbranched alkanes of at least 4 members (excludes halogenated alkanes) is 2. The lowest BCUT2D eigenvalue weighted by Crippen LogP contribution is -2.14. The number of benzene rings is 3. The second kappa shape index (κ2) is 11.1. The van der Waals surface area contributed by atoms with Crippen LogP contribution in [0.4, 0.5) is 5.69 Å². The molecule has 0 saturated carbocycles. The predicted octanol–water partition coefficient (Wildman–Crippen LogP) is 6.26. The molecule has 5 nitrogen and oxygen atoms in total. The van der Waals surface area contributed by atoms with E-state index < -0.39 is 16.0 Å². The van der Waals surface area contributed by atoms with Gasteiger partial charge in [0.25, 0.3) is 10.0 Å². The second-order valence-corrected chi connectivity index (χ2v) is 10.2. The molecule has 2 N–H and O–H groups in total. The zero-order valence-corrected chi connectivity index (χ0v) is 19.9. The minimum Gasteiger partial charge on any atom is -0.478 e. The summed E-state index contributed by atoms with van der Waals surface area (Å²) in [6, 6.07) is 21.6. The molecule has 33 heavy (non-hydrogen) atoms. The number of hydrogen-bond acceptors (Lipinski definition) is 3. The SMILES string of the molecule is CC(C)c1ccc(S(=O)(=O)Nc2ccccc2CCCCCc2ccccc2C(=O)O)cc1. The molecule has 0 aromatic heterocycles. The predicted molar refractivity (Wildman–Crippen MR) is 132 cm³/mol. The average molecular weight is 466 g/mol. The van der Waals surface area contributed by atoms with Gasteiger partial charge in [0.15, 0.2) is 0 Å². The number of aryl methyl sites for hydroxylation is 2. The van der Waals surface area contributed by atoms with E-state index in [-0.39, 0.29) is 4.90 Å². The van der Waals surface area contributed by atoms with Crippen LogP contribution in [0.1, 0.15) is 66.1 Å². The van der Waals surface area contributed by atoms with E-state index >= 15 is 0 Å². The van der Waals surface area contributed by atoms with Gasteiger partial charge in [-0.05, 0) is 72.6 Å². The first kappa shape index (κ1) is 24.5. The molecule has 0 aliphatic heterocycles. The van der Waals surface area contributed by atoms with Gasteiger partial charge < -0.3 is 5.11 Å². The van der Waals surface area contributed by atoms with E-state index in [1.54, 1.807) is 30.3 Å². The monoisotopic (exact) mass is 465 g/mol. The Morgan fingerprint density at radius 3 is 2.03 bits per heavy atom. The Kier molecular flexibility index (Phi) is 8.28. The van der Waals surface area contributed by atoms with Crippen molar-refractivity contribution in [2.45, 2.75) is 56.8 Å². The lowest BCUT2D eigenvalue weighted by molar-refractivity contribution is 0.0695. The molecule has 0 radical (unpaired) electrons. The first-order valence-electron chi connectivity index (χ1n) is 11.3. The van der Waals surface area contributed by atoms with Crippen molar-refractivity contribution in [3.8, 4) is 0 Å². The highest BCUT2D eigenvalue weighted by Gasteiger charge is 2.16. The lowest BCUT2D eigenvalue weighted by atomic mass is 9.99. The topological polar surface area (TPSA) is 83.5 Å². The zero-order chi connectivity index (χ0) is 23.8. The molecule has 0 bridgehead atoms. The molecule has 0 aliphatic rings. The van der Waals surface area contributed by atoms with Crippen LogP contribution in [0.3, 0.4) is 0 Å². The fourth-order valence-corrected chi connectivity index (χ4v) is 4.93. The fraction of sp³-hybridized carbons (Fsp3) is 0.296. The van der Waals surface area contributed by atoms with Crippen molar-refractivity contribution in [2.75, 3.05) is 4.72 Å². The van der Waals surface area contributed by atoms with Crippen molar-refractivity contribution in [1.82, 2.24) is 0 Å². The largest absolute Gasteiger partial charge is 0.478 e. The smallest absolute Gasteiger partial charge is 0.335 e. The Morgan fingerprint density at radius 2 is 1.39 bits per heavy atom. The molecule has 3 rings (SSSR count). The first-order chi connectivity index (χ1) is 15.8. The summed E-state index contributed by atoms with van der Waals surface area (Å²) >= 11 is 0. The molecular weight excluding hydrogens is 434 g/mol. The van der Waals surface area contributed by atoms with Gasteiger partial charge >= 0.3 is 5.97 Å². The van der Waals surface area contributed by atoms with Gasteiger partial charge in [-0.25, -0.2) is 13.2 Å². The number of nitrogens with one attached hydrogen (secondary N) is 1. The first-order valence-corrected chi connectivity index (χ1v) is 12.8.